The van der Waals surface area contributed by atoms with Gasteiger partial charge in [-0.3, -0.25) is 4.79 Å². The van der Waals surface area contributed by atoms with Crippen molar-refractivity contribution < 1.29 is 9.53 Å². The van der Waals surface area contributed by atoms with Crippen LogP contribution in [-0.2, 0) is 4.79 Å². The van der Waals surface area contributed by atoms with Crippen molar-refractivity contribution >= 4 is 17.5 Å². The van der Waals surface area contributed by atoms with Gasteiger partial charge >= 0.3 is 0 Å². The Bertz CT molecular complexity index is 759. The minimum absolute atomic E-state index is 0.241. The number of anilines is 2. The largest absolute Gasteiger partial charge is 0.481 e. The maximum absolute atomic E-state index is 12.4. The molecule has 3 rings (SSSR count). The number of rotatable bonds is 5. The van der Waals surface area contributed by atoms with Crippen molar-refractivity contribution in [2.75, 3.05) is 43.4 Å². The second-order valence-electron chi connectivity index (χ2n) is 6.62. The van der Waals surface area contributed by atoms with E-state index in [-0.39, 0.29) is 5.91 Å². The quantitative estimate of drug-likeness (QED) is 0.884. The van der Waals surface area contributed by atoms with Crippen LogP contribution in [0.1, 0.15) is 12.5 Å². The van der Waals surface area contributed by atoms with Crippen molar-refractivity contribution in [1.82, 2.24) is 14.9 Å². The smallest absolute Gasteiger partial charge is 0.266 e. The third kappa shape index (κ3) is 4.70. The molecule has 0 bridgehead atoms. The molecule has 1 unspecified atom stereocenters. The fraction of sp³-hybridized carbons (Fsp3) is 0.421. The number of ether oxygens (including phenoxy) is 1. The SMILES string of the molecule is Cc1cccc(OC(C)C(=O)Nc2cc(N3CCN(C)CC3)ncn2)c1. The third-order valence-corrected chi connectivity index (χ3v) is 4.40. The summed E-state index contributed by atoms with van der Waals surface area (Å²) in [7, 11) is 2.11. The fourth-order valence-corrected chi connectivity index (χ4v) is 2.80. The topological polar surface area (TPSA) is 70.6 Å². The van der Waals surface area contributed by atoms with E-state index >= 15 is 0 Å². The lowest BCUT2D eigenvalue weighted by atomic mass is 10.2. The van der Waals surface area contributed by atoms with Gasteiger partial charge in [-0.1, -0.05) is 12.1 Å². The Balaban J connectivity index is 1.61. The van der Waals surface area contributed by atoms with E-state index in [4.69, 9.17) is 4.74 Å². The summed E-state index contributed by atoms with van der Waals surface area (Å²) in [6.45, 7) is 7.51. The van der Waals surface area contributed by atoms with Gasteiger partial charge in [0.15, 0.2) is 6.10 Å². The fourth-order valence-electron chi connectivity index (χ4n) is 2.80. The monoisotopic (exact) mass is 355 g/mol. The molecule has 1 aromatic heterocycles. The Morgan fingerprint density at radius 1 is 1.19 bits per heavy atom. The molecule has 7 nitrogen and oxygen atoms in total. The van der Waals surface area contributed by atoms with E-state index in [1.807, 2.05) is 37.3 Å². The van der Waals surface area contributed by atoms with Gasteiger partial charge in [-0.2, -0.15) is 0 Å². The molecule has 2 heterocycles. The first-order valence-corrected chi connectivity index (χ1v) is 8.81. The predicted molar refractivity (Wildman–Crippen MR) is 102 cm³/mol. The minimum Gasteiger partial charge on any atom is -0.481 e. The molecule has 1 fully saturated rings. The minimum atomic E-state index is -0.626. The molecule has 26 heavy (non-hydrogen) atoms. The zero-order chi connectivity index (χ0) is 18.5. The summed E-state index contributed by atoms with van der Waals surface area (Å²) in [5.41, 5.74) is 1.09. The number of hydrogen-bond donors (Lipinski definition) is 1. The second kappa shape index (κ2) is 8.14. The number of nitrogens with one attached hydrogen (secondary N) is 1. The first-order chi connectivity index (χ1) is 12.5. The highest BCUT2D eigenvalue weighted by Crippen LogP contribution is 2.17. The summed E-state index contributed by atoms with van der Waals surface area (Å²) < 4.78 is 5.72. The highest BCUT2D eigenvalue weighted by Gasteiger charge is 2.18. The van der Waals surface area contributed by atoms with Crippen LogP contribution >= 0.6 is 0 Å². The molecule has 2 aromatic rings. The molecular formula is C19H25N5O2. The van der Waals surface area contributed by atoms with Gasteiger partial charge in [-0.05, 0) is 38.6 Å². The van der Waals surface area contributed by atoms with Crippen molar-refractivity contribution in [2.45, 2.75) is 20.0 Å². The van der Waals surface area contributed by atoms with Gasteiger partial charge in [0.1, 0.15) is 23.7 Å². The molecule has 1 aliphatic rings. The highest BCUT2D eigenvalue weighted by atomic mass is 16.5. The normalized spacial score (nSPS) is 16.2. The van der Waals surface area contributed by atoms with E-state index in [0.29, 0.717) is 11.6 Å². The van der Waals surface area contributed by atoms with Crippen LogP contribution in [0.2, 0.25) is 0 Å². The number of carbonyl (C=O) groups excluding carboxylic acids is 1. The van der Waals surface area contributed by atoms with Gasteiger partial charge in [0.05, 0.1) is 0 Å². The molecule has 1 amide bonds. The summed E-state index contributed by atoms with van der Waals surface area (Å²) in [6.07, 6.45) is 0.855. The van der Waals surface area contributed by atoms with Crippen LogP contribution < -0.4 is 15.0 Å². The van der Waals surface area contributed by atoms with Crippen molar-refractivity contribution in [2.24, 2.45) is 0 Å². The van der Waals surface area contributed by atoms with Crippen LogP contribution in [0.4, 0.5) is 11.6 Å². The van der Waals surface area contributed by atoms with Gasteiger partial charge in [-0.25, -0.2) is 9.97 Å². The molecule has 0 aliphatic carbocycles. The van der Waals surface area contributed by atoms with E-state index in [2.05, 4.69) is 32.1 Å². The van der Waals surface area contributed by atoms with E-state index < -0.39 is 6.10 Å². The average molecular weight is 355 g/mol. The summed E-state index contributed by atoms with van der Waals surface area (Å²) >= 11 is 0. The Morgan fingerprint density at radius 3 is 2.69 bits per heavy atom. The number of benzene rings is 1. The van der Waals surface area contributed by atoms with Crippen molar-refractivity contribution in [3.05, 3.63) is 42.2 Å². The second-order valence-corrected chi connectivity index (χ2v) is 6.62. The Morgan fingerprint density at radius 2 is 1.96 bits per heavy atom. The van der Waals surface area contributed by atoms with Gasteiger partial charge in [-0.15, -0.1) is 0 Å². The third-order valence-electron chi connectivity index (χ3n) is 4.40. The molecule has 1 aliphatic heterocycles. The molecule has 0 spiro atoms. The van der Waals surface area contributed by atoms with Crippen molar-refractivity contribution in [3.63, 3.8) is 0 Å². The van der Waals surface area contributed by atoms with Crippen LogP contribution in [-0.4, -0.2) is 60.1 Å². The van der Waals surface area contributed by atoms with Crippen LogP contribution in [0.15, 0.2) is 36.7 Å². The van der Waals surface area contributed by atoms with Gasteiger partial charge in [0.25, 0.3) is 5.91 Å². The molecule has 138 valence electrons. The number of carbonyl (C=O) groups is 1. The lowest BCUT2D eigenvalue weighted by Gasteiger charge is -2.33. The summed E-state index contributed by atoms with van der Waals surface area (Å²) in [4.78, 5) is 25.4. The van der Waals surface area contributed by atoms with Crippen LogP contribution in [0.5, 0.6) is 5.75 Å². The predicted octanol–water partition coefficient (Wildman–Crippen LogP) is 1.94. The molecule has 1 aromatic carbocycles. The highest BCUT2D eigenvalue weighted by molar-refractivity contribution is 5.93. The Kier molecular flexibility index (Phi) is 5.68. The van der Waals surface area contributed by atoms with E-state index in [1.165, 1.54) is 6.33 Å². The first-order valence-electron chi connectivity index (χ1n) is 8.81. The van der Waals surface area contributed by atoms with Crippen LogP contribution in [0, 0.1) is 6.92 Å². The zero-order valence-electron chi connectivity index (χ0n) is 15.5. The average Bonchev–Trinajstić information content (AvgIpc) is 2.62. The van der Waals surface area contributed by atoms with Gasteiger partial charge in [0, 0.05) is 32.2 Å². The van der Waals surface area contributed by atoms with Crippen LogP contribution in [0.3, 0.4) is 0 Å². The maximum atomic E-state index is 12.4. The molecular weight excluding hydrogens is 330 g/mol. The number of aryl methyl sites for hydroxylation is 1. The lowest BCUT2D eigenvalue weighted by Crippen LogP contribution is -2.44. The number of hydrogen-bond acceptors (Lipinski definition) is 6. The standard InChI is InChI=1S/C19H25N5O2/c1-14-5-4-6-16(11-14)26-15(2)19(25)22-17-12-18(21-13-20-17)24-9-7-23(3)8-10-24/h4-6,11-13,15H,7-10H2,1-3H3,(H,20,21,22,25). The zero-order valence-corrected chi connectivity index (χ0v) is 15.5. The number of amides is 1. The summed E-state index contributed by atoms with van der Waals surface area (Å²) in [6, 6.07) is 9.44. The molecule has 0 saturated carbocycles. The summed E-state index contributed by atoms with van der Waals surface area (Å²) in [5.74, 6) is 1.75. The van der Waals surface area contributed by atoms with Gasteiger partial charge < -0.3 is 19.9 Å². The number of likely N-dealkylation sites (N-methyl/N-ethyl adjacent to an activating group) is 1. The summed E-state index contributed by atoms with van der Waals surface area (Å²) in [5, 5.41) is 2.81. The molecule has 0 radical (unpaired) electrons. The number of aromatic nitrogens is 2. The van der Waals surface area contributed by atoms with Crippen LogP contribution in [0.25, 0.3) is 0 Å². The molecule has 7 heteroatoms. The molecule has 1 atom stereocenters. The number of nitrogens with zero attached hydrogens (tertiary/aromatic N) is 4. The lowest BCUT2D eigenvalue weighted by molar-refractivity contribution is -0.122. The van der Waals surface area contributed by atoms with E-state index in [0.717, 1.165) is 37.6 Å². The van der Waals surface area contributed by atoms with Gasteiger partial charge in [0.2, 0.25) is 0 Å². The molecule has 1 saturated heterocycles. The Labute approximate surface area is 154 Å². The number of piperazine rings is 1. The van der Waals surface area contributed by atoms with E-state index in [9.17, 15) is 4.79 Å². The van der Waals surface area contributed by atoms with Crippen molar-refractivity contribution in [1.29, 1.82) is 0 Å². The van der Waals surface area contributed by atoms with E-state index in [1.54, 1.807) is 6.92 Å². The first kappa shape index (κ1) is 18.1. The van der Waals surface area contributed by atoms with Crippen molar-refractivity contribution in [3.8, 4) is 5.75 Å². The maximum Gasteiger partial charge on any atom is 0.266 e. The Hall–Kier alpha value is -2.67. The molecule has 1 N–H and O–H groups in total.